The Hall–Kier alpha value is -5.26. The number of hydrogen-bond acceptors (Lipinski definition) is 8. The number of halogens is 3. The fraction of sp³-hybridized carbons (Fsp3) is 0.138. The molecule has 1 aliphatic heterocycles. The van der Waals surface area contributed by atoms with Crippen LogP contribution in [0.5, 0.6) is 0 Å². The molecule has 12 heteroatoms. The van der Waals surface area contributed by atoms with Crippen molar-refractivity contribution in [2.45, 2.75) is 19.6 Å². The Morgan fingerprint density at radius 2 is 1.78 bits per heavy atom. The predicted molar refractivity (Wildman–Crippen MR) is 149 cm³/mol. The lowest BCUT2D eigenvalue weighted by molar-refractivity contribution is -0.138. The summed E-state index contributed by atoms with van der Waals surface area (Å²) in [7, 11) is 1.82. The van der Waals surface area contributed by atoms with Crippen LogP contribution in [0, 0.1) is 6.92 Å². The molecule has 0 unspecified atom stereocenters. The van der Waals surface area contributed by atoms with Crippen molar-refractivity contribution in [2.75, 3.05) is 17.7 Å². The van der Waals surface area contributed by atoms with Crippen molar-refractivity contribution < 1.29 is 18.0 Å². The molecular weight excluding hydrogens is 533 g/mol. The lowest BCUT2D eigenvalue weighted by Crippen LogP contribution is -2.20. The van der Waals surface area contributed by atoms with Crippen LogP contribution in [0.2, 0.25) is 0 Å². The normalized spacial score (nSPS) is 12.9. The lowest BCUT2D eigenvalue weighted by atomic mass is 10.0. The molecule has 0 aliphatic carbocycles. The number of rotatable bonds is 7. The van der Waals surface area contributed by atoms with Gasteiger partial charge in [-0.25, -0.2) is 9.97 Å². The van der Waals surface area contributed by atoms with Crippen molar-refractivity contribution in [2.24, 2.45) is 0 Å². The summed E-state index contributed by atoms with van der Waals surface area (Å²) >= 11 is 0. The lowest BCUT2D eigenvalue weighted by Gasteiger charge is -2.24. The van der Waals surface area contributed by atoms with Gasteiger partial charge in [-0.15, -0.1) is 0 Å². The van der Waals surface area contributed by atoms with E-state index in [1.165, 1.54) is 18.3 Å². The molecule has 0 saturated carbocycles. The predicted octanol–water partition coefficient (Wildman–Crippen LogP) is 5.95. The molecule has 1 aliphatic rings. The molecule has 9 nitrogen and oxygen atoms in total. The van der Waals surface area contributed by atoms with Gasteiger partial charge >= 0.3 is 6.18 Å². The summed E-state index contributed by atoms with van der Waals surface area (Å²) in [4.78, 5) is 33.6. The molecule has 1 amide bonds. The van der Waals surface area contributed by atoms with Crippen LogP contribution in [0.15, 0.2) is 92.1 Å². The van der Waals surface area contributed by atoms with E-state index in [9.17, 15) is 18.0 Å². The number of benzene rings is 1. The number of alkyl halides is 3. The molecular formula is C29H25F3N8O. The van der Waals surface area contributed by atoms with E-state index in [4.69, 9.17) is 0 Å². The van der Waals surface area contributed by atoms with Crippen LogP contribution >= 0.6 is 0 Å². The summed E-state index contributed by atoms with van der Waals surface area (Å²) in [6.45, 7) is 1.76. The summed E-state index contributed by atoms with van der Waals surface area (Å²) in [5.41, 5.74) is 1.91. The van der Waals surface area contributed by atoms with Gasteiger partial charge in [-0.1, -0.05) is 6.07 Å². The highest BCUT2D eigenvalue weighted by Crippen LogP contribution is 2.35. The second kappa shape index (κ2) is 11.5. The first-order valence-corrected chi connectivity index (χ1v) is 12.5. The minimum Gasteiger partial charge on any atom is -0.354 e. The first-order chi connectivity index (χ1) is 19.7. The minimum atomic E-state index is -4.61. The maximum atomic E-state index is 13.9. The Morgan fingerprint density at radius 3 is 2.51 bits per heavy atom. The molecule has 1 aromatic carbocycles. The van der Waals surface area contributed by atoms with Crippen LogP contribution in [0.1, 0.15) is 27.2 Å². The van der Waals surface area contributed by atoms with Gasteiger partial charge in [0, 0.05) is 74.4 Å². The fourth-order valence-electron chi connectivity index (χ4n) is 4.04. The van der Waals surface area contributed by atoms with Crippen molar-refractivity contribution in [3.8, 4) is 11.3 Å². The number of carbonyl (C=O) groups excluding carboxylic acids is 1. The van der Waals surface area contributed by atoms with E-state index in [0.29, 0.717) is 17.1 Å². The van der Waals surface area contributed by atoms with Gasteiger partial charge in [0.05, 0.1) is 28.2 Å². The Balaban J connectivity index is 1.34. The second-order valence-corrected chi connectivity index (χ2v) is 9.25. The topological polar surface area (TPSA) is 99.2 Å². The maximum Gasteiger partial charge on any atom is 0.416 e. The molecule has 3 aromatic heterocycles. The number of nitrogens with zero attached hydrogens (tertiary/aromatic N) is 6. The van der Waals surface area contributed by atoms with Crippen molar-refractivity contribution in [1.29, 1.82) is 0 Å². The number of anilines is 3. The molecule has 0 radical (unpaired) electrons. The molecule has 4 heterocycles. The highest BCUT2D eigenvalue weighted by Gasteiger charge is 2.34. The van der Waals surface area contributed by atoms with Crippen molar-refractivity contribution in [3.63, 3.8) is 0 Å². The van der Waals surface area contributed by atoms with E-state index in [0.717, 1.165) is 11.6 Å². The molecule has 0 spiro atoms. The van der Waals surface area contributed by atoms with Crippen molar-refractivity contribution in [1.82, 2.24) is 29.7 Å². The Kier molecular flexibility index (Phi) is 7.64. The summed E-state index contributed by atoms with van der Waals surface area (Å²) in [6.07, 6.45) is 8.54. The Morgan fingerprint density at radius 1 is 0.976 bits per heavy atom. The van der Waals surface area contributed by atoms with E-state index in [2.05, 4.69) is 30.6 Å². The molecule has 0 fully saturated rings. The van der Waals surface area contributed by atoms with Crippen LogP contribution in [-0.2, 0) is 12.7 Å². The van der Waals surface area contributed by atoms with Crippen LogP contribution in [0.4, 0.5) is 30.5 Å². The maximum absolute atomic E-state index is 13.9. The van der Waals surface area contributed by atoms with Crippen LogP contribution in [0.25, 0.3) is 11.3 Å². The monoisotopic (exact) mass is 558 g/mol. The van der Waals surface area contributed by atoms with E-state index in [1.807, 2.05) is 13.1 Å². The Bertz CT molecular complexity index is 1610. The van der Waals surface area contributed by atoms with Gasteiger partial charge in [0.2, 0.25) is 5.95 Å². The molecule has 0 bridgehead atoms. The van der Waals surface area contributed by atoms with Gasteiger partial charge in [-0.2, -0.15) is 13.2 Å². The van der Waals surface area contributed by atoms with Crippen molar-refractivity contribution in [3.05, 3.63) is 114 Å². The third-order valence-electron chi connectivity index (χ3n) is 6.22. The van der Waals surface area contributed by atoms with Gasteiger partial charge in [-0.05, 0) is 48.9 Å². The van der Waals surface area contributed by atoms with Gasteiger partial charge < -0.3 is 20.4 Å². The third kappa shape index (κ3) is 6.67. The number of amides is 1. The fourth-order valence-corrected chi connectivity index (χ4v) is 4.04. The van der Waals surface area contributed by atoms with E-state index in [1.54, 1.807) is 78.3 Å². The summed E-state index contributed by atoms with van der Waals surface area (Å²) < 4.78 is 41.8. The zero-order valence-electron chi connectivity index (χ0n) is 22.1. The third-order valence-corrected chi connectivity index (χ3v) is 6.22. The van der Waals surface area contributed by atoms with Crippen LogP contribution in [-0.4, -0.2) is 42.7 Å². The van der Waals surface area contributed by atoms with E-state index in [-0.39, 0.29) is 29.3 Å². The average molecular weight is 559 g/mol. The molecule has 208 valence electrons. The Labute approximate surface area is 234 Å². The number of aromatic nitrogens is 4. The SMILES string of the molecule is Cc1ncc(C(=O)Nc2ccc(CN3C=CN(C)C=C3)c(C(F)(F)F)c2)cc1Nc1nccc(-c2cccnc2)n1. The summed E-state index contributed by atoms with van der Waals surface area (Å²) in [5, 5.41) is 5.62. The van der Waals surface area contributed by atoms with Gasteiger partial charge in [-0.3, -0.25) is 14.8 Å². The smallest absolute Gasteiger partial charge is 0.354 e. The summed E-state index contributed by atoms with van der Waals surface area (Å²) in [5.74, 6) is -0.333. The number of carbonyl (C=O) groups is 1. The van der Waals surface area contributed by atoms with Crippen LogP contribution in [0.3, 0.4) is 0 Å². The van der Waals surface area contributed by atoms with Crippen molar-refractivity contribution >= 4 is 23.2 Å². The molecule has 5 rings (SSSR count). The van der Waals surface area contributed by atoms with E-state index >= 15 is 0 Å². The van der Waals surface area contributed by atoms with Gasteiger partial charge in [0.15, 0.2) is 0 Å². The number of aryl methyl sites for hydroxylation is 1. The first-order valence-electron chi connectivity index (χ1n) is 12.5. The summed E-state index contributed by atoms with van der Waals surface area (Å²) in [6, 6.07) is 10.7. The molecule has 0 atom stereocenters. The highest BCUT2D eigenvalue weighted by molar-refractivity contribution is 6.04. The number of hydrogen-bond donors (Lipinski definition) is 2. The number of nitrogens with one attached hydrogen (secondary N) is 2. The largest absolute Gasteiger partial charge is 0.416 e. The standard InChI is InChI=1S/C29H25F3N8O/c1-19-26(38-28-34-9-7-25(37-28)20-4-3-8-33-16-20)14-22(17-35-19)27(41)36-23-6-5-21(24(15-23)29(30,31)32)18-40-12-10-39(2)11-13-40/h3-17H,18H2,1-2H3,(H,36,41)(H,34,37,38). The molecule has 41 heavy (non-hydrogen) atoms. The molecule has 2 N–H and O–H groups in total. The van der Waals surface area contributed by atoms with Gasteiger partial charge in [0.1, 0.15) is 0 Å². The first kappa shape index (κ1) is 27.3. The average Bonchev–Trinajstić information content (AvgIpc) is 2.96. The highest BCUT2D eigenvalue weighted by atomic mass is 19.4. The van der Waals surface area contributed by atoms with Crippen LogP contribution < -0.4 is 10.6 Å². The zero-order chi connectivity index (χ0) is 29.0. The minimum absolute atomic E-state index is 0.0122. The zero-order valence-corrected chi connectivity index (χ0v) is 22.1. The molecule has 4 aromatic rings. The quantitative estimate of drug-likeness (QED) is 0.287. The molecule has 0 saturated heterocycles. The van der Waals surface area contributed by atoms with E-state index < -0.39 is 17.6 Å². The van der Waals surface area contributed by atoms with Gasteiger partial charge in [0.25, 0.3) is 5.91 Å². The second-order valence-electron chi connectivity index (χ2n) is 9.25. The number of pyridine rings is 2.